The number of carbonyl (C=O) groups is 1. The third-order valence-corrected chi connectivity index (χ3v) is 3.46. The Hall–Kier alpha value is -2.11. The maximum atomic E-state index is 12.1. The van der Waals surface area contributed by atoms with Crippen molar-refractivity contribution in [2.45, 2.75) is 6.54 Å². The van der Waals surface area contributed by atoms with Crippen LogP contribution in [0.5, 0.6) is 0 Å². The van der Waals surface area contributed by atoms with E-state index >= 15 is 0 Å². The maximum absolute atomic E-state index is 12.1. The van der Waals surface area contributed by atoms with E-state index in [0.29, 0.717) is 23.8 Å². The Morgan fingerprint density at radius 3 is 2.83 bits per heavy atom. The number of pyridine rings is 1. The molecule has 23 heavy (non-hydrogen) atoms. The zero-order chi connectivity index (χ0) is 16.7. The van der Waals surface area contributed by atoms with Gasteiger partial charge in [-0.2, -0.15) is 0 Å². The summed E-state index contributed by atoms with van der Waals surface area (Å²) in [6.07, 6.45) is 1.65. The van der Waals surface area contributed by atoms with Gasteiger partial charge in [0, 0.05) is 37.1 Å². The van der Waals surface area contributed by atoms with E-state index in [1.165, 1.54) is 0 Å². The van der Waals surface area contributed by atoms with Crippen molar-refractivity contribution in [2.75, 3.05) is 32.5 Å². The van der Waals surface area contributed by atoms with Crippen LogP contribution in [-0.4, -0.2) is 43.0 Å². The van der Waals surface area contributed by atoms with E-state index in [0.717, 1.165) is 17.8 Å². The molecule has 0 atom stereocenters. The Kier molecular flexibility index (Phi) is 6.38. The molecule has 122 valence electrons. The normalized spacial score (nSPS) is 10.6. The van der Waals surface area contributed by atoms with Gasteiger partial charge in [-0.15, -0.1) is 0 Å². The fraction of sp³-hybridized carbons (Fsp3) is 0.294. The molecule has 1 amide bonds. The third-order valence-electron chi connectivity index (χ3n) is 3.26. The van der Waals surface area contributed by atoms with Crippen LogP contribution in [0.3, 0.4) is 0 Å². The van der Waals surface area contributed by atoms with Gasteiger partial charge in [-0.25, -0.2) is 4.98 Å². The summed E-state index contributed by atoms with van der Waals surface area (Å²) >= 11 is 5.86. The summed E-state index contributed by atoms with van der Waals surface area (Å²) < 4.78 is 0. The minimum atomic E-state index is -0.0549. The molecule has 0 aliphatic rings. The average molecular weight is 333 g/mol. The Labute approximate surface area is 141 Å². The third kappa shape index (κ3) is 5.88. The fourth-order valence-corrected chi connectivity index (χ4v) is 2.21. The Bertz CT molecular complexity index is 661. The van der Waals surface area contributed by atoms with E-state index in [1.54, 1.807) is 12.3 Å². The van der Waals surface area contributed by atoms with Crippen molar-refractivity contribution >= 4 is 23.2 Å². The number of carbonyl (C=O) groups excluding carboxylic acids is 1. The number of nitrogens with zero attached hydrogens (tertiary/aromatic N) is 2. The second-order valence-electron chi connectivity index (χ2n) is 5.48. The van der Waals surface area contributed by atoms with Crippen LogP contribution in [0.2, 0.25) is 5.15 Å². The molecule has 2 N–H and O–H groups in total. The number of aromatic nitrogens is 1. The second kappa shape index (κ2) is 8.50. The van der Waals surface area contributed by atoms with E-state index in [-0.39, 0.29) is 5.91 Å². The summed E-state index contributed by atoms with van der Waals surface area (Å²) in [5.74, 6) is -0.0549. The molecule has 2 aromatic rings. The van der Waals surface area contributed by atoms with Gasteiger partial charge in [-0.05, 0) is 43.9 Å². The number of nitrogens with one attached hydrogen (secondary N) is 2. The van der Waals surface area contributed by atoms with Crippen molar-refractivity contribution in [3.05, 3.63) is 58.9 Å². The summed E-state index contributed by atoms with van der Waals surface area (Å²) in [6, 6.07) is 11.2. The zero-order valence-electron chi connectivity index (χ0n) is 13.3. The first-order valence-corrected chi connectivity index (χ1v) is 7.79. The van der Waals surface area contributed by atoms with E-state index in [1.807, 2.05) is 49.3 Å². The first-order chi connectivity index (χ1) is 11.0. The molecular formula is C17H21ClN4O. The van der Waals surface area contributed by atoms with Crippen LogP contribution in [0.25, 0.3) is 0 Å². The summed E-state index contributed by atoms with van der Waals surface area (Å²) in [6.45, 7) is 2.05. The topological polar surface area (TPSA) is 57.3 Å². The van der Waals surface area contributed by atoms with Crippen molar-refractivity contribution in [3.8, 4) is 0 Å². The van der Waals surface area contributed by atoms with Crippen LogP contribution in [0, 0.1) is 0 Å². The molecule has 0 saturated carbocycles. The van der Waals surface area contributed by atoms with Gasteiger partial charge in [-0.3, -0.25) is 4.79 Å². The Morgan fingerprint density at radius 2 is 2.09 bits per heavy atom. The summed E-state index contributed by atoms with van der Waals surface area (Å²) in [5, 5.41) is 6.62. The van der Waals surface area contributed by atoms with Gasteiger partial charge in [0.05, 0.1) is 0 Å². The van der Waals surface area contributed by atoms with Gasteiger partial charge in [0.25, 0.3) is 5.91 Å². The van der Waals surface area contributed by atoms with Gasteiger partial charge >= 0.3 is 0 Å². The molecule has 0 fully saturated rings. The van der Waals surface area contributed by atoms with Crippen LogP contribution in [0.4, 0.5) is 5.69 Å². The maximum Gasteiger partial charge on any atom is 0.251 e. The van der Waals surface area contributed by atoms with Crippen molar-refractivity contribution in [2.24, 2.45) is 0 Å². The first-order valence-electron chi connectivity index (χ1n) is 7.42. The summed E-state index contributed by atoms with van der Waals surface area (Å²) in [4.78, 5) is 18.1. The first kappa shape index (κ1) is 17.2. The van der Waals surface area contributed by atoms with Gasteiger partial charge in [0.2, 0.25) is 0 Å². The molecule has 0 bridgehead atoms. The lowest BCUT2D eigenvalue weighted by atomic mass is 10.1. The monoisotopic (exact) mass is 332 g/mol. The molecule has 0 radical (unpaired) electrons. The molecular weight excluding hydrogens is 312 g/mol. The molecule has 0 spiro atoms. The van der Waals surface area contributed by atoms with Crippen LogP contribution >= 0.6 is 11.6 Å². The van der Waals surface area contributed by atoms with Crippen LogP contribution in [0.15, 0.2) is 42.6 Å². The fourth-order valence-electron chi connectivity index (χ4n) is 2.03. The van der Waals surface area contributed by atoms with Crippen LogP contribution in [-0.2, 0) is 6.54 Å². The van der Waals surface area contributed by atoms with E-state index in [2.05, 4.69) is 15.6 Å². The number of benzene rings is 1. The Balaban J connectivity index is 1.92. The number of likely N-dealkylation sites (N-methyl/N-ethyl adjacent to an activating group) is 1. The highest BCUT2D eigenvalue weighted by atomic mass is 35.5. The Morgan fingerprint density at radius 1 is 1.26 bits per heavy atom. The molecule has 1 aromatic carbocycles. The summed E-state index contributed by atoms with van der Waals surface area (Å²) in [7, 11) is 3.95. The molecule has 0 unspecified atom stereocenters. The SMILES string of the molecule is CN(C)CCNC(=O)c1cccc(CNc2ccnc(Cl)c2)c1. The van der Waals surface area contributed by atoms with Gasteiger partial charge in [0.1, 0.15) is 5.15 Å². The highest BCUT2D eigenvalue weighted by molar-refractivity contribution is 6.29. The van der Waals surface area contributed by atoms with E-state index in [4.69, 9.17) is 11.6 Å². The number of hydrogen-bond acceptors (Lipinski definition) is 4. The quantitative estimate of drug-likeness (QED) is 0.765. The van der Waals surface area contributed by atoms with Crippen molar-refractivity contribution < 1.29 is 4.79 Å². The molecule has 1 heterocycles. The number of rotatable bonds is 7. The van der Waals surface area contributed by atoms with Crippen molar-refractivity contribution in [3.63, 3.8) is 0 Å². The molecule has 0 aliphatic carbocycles. The van der Waals surface area contributed by atoms with Crippen LogP contribution in [0.1, 0.15) is 15.9 Å². The molecule has 1 aromatic heterocycles. The highest BCUT2D eigenvalue weighted by Gasteiger charge is 2.06. The second-order valence-corrected chi connectivity index (χ2v) is 5.87. The van der Waals surface area contributed by atoms with Crippen LogP contribution < -0.4 is 10.6 Å². The standard InChI is InChI=1S/C17H21ClN4O/c1-22(2)9-8-20-17(23)14-5-3-4-13(10-14)12-21-15-6-7-19-16(18)11-15/h3-7,10-11H,8-9,12H2,1-2H3,(H,19,21)(H,20,23). The number of halogens is 1. The lowest BCUT2D eigenvalue weighted by Crippen LogP contribution is -2.31. The smallest absolute Gasteiger partial charge is 0.251 e. The molecule has 5 nitrogen and oxygen atoms in total. The number of anilines is 1. The minimum Gasteiger partial charge on any atom is -0.381 e. The predicted octanol–water partition coefficient (Wildman–Crippen LogP) is 2.64. The minimum absolute atomic E-state index is 0.0549. The van der Waals surface area contributed by atoms with Gasteiger partial charge in [0.15, 0.2) is 0 Å². The lowest BCUT2D eigenvalue weighted by Gasteiger charge is -2.11. The van der Waals surface area contributed by atoms with Crippen molar-refractivity contribution in [1.29, 1.82) is 0 Å². The molecule has 2 rings (SSSR count). The molecule has 6 heteroatoms. The van der Waals surface area contributed by atoms with Gasteiger partial charge < -0.3 is 15.5 Å². The predicted molar refractivity (Wildman–Crippen MR) is 93.9 cm³/mol. The van der Waals surface area contributed by atoms with E-state index < -0.39 is 0 Å². The zero-order valence-corrected chi connectivity index (χ0v) is 14.1. The molecule has 0 saturated heterocycles. The molecule has 0 aliphatic heterocycles. The van der Waals surface area contributed by atoms with Gasteiger partial charge in [-0.1, -0.05) is 23.7 Å². The largest absolute Gasteiger partial charge is 0.381 e. The number of hydrogen-bond donors (Lipinski definition) is 2. The lowest BCUT2D eigenvalue weighted by molar-refractivity contribution is 0.0951. The highest BCUT2D eigenvalue weighted by Crippen LogP contribution is 2.14. The van der Waals surface area contributed by atoms with E-state index in [9.17, 15) is 4.79 Å². The average Bonchev–Trinajstić information content (AvgIpc) is 2.53. The number of amides is 1. The van der Waals surface area contributed by atoms with Crippen molar-refractivity contribution in [1.82, 2.24) is 15.2 Å². The summed E-state index contributed by atoms with van der Waals surface area (Å²) in [5.41, 5.74) is 2.58.